The summed E-state index contributed by atoms with van der Waals surface area (Å²) in [6, 6.07) is 12.2. The minimum absolute atomic E-state index is 0.169. The van der Waals surface area contributed by atoms with Gasteiger partial charge in [0.05, 0.1) is 0 Å². The quantitative estimate of drug-likeness (QED) is 0.716. The van der Waals surface area contributed by atoms with Gasteiger partial charge in [-0.2, -0.15) is 5.10 Å². The monoisotopic (exact) mass is 341 g/mol. The van der Waals surface area contributed by atoms with Gasteiger partial charge in [0.25, 0.3) is 5.56 Å². The third kappa shape index (κ3) is 3.72. The van der Waals surface area contributed by atoms with E-state index in [2.05, 4.69) is 15.5 Å². The van der Waals surface area contributed by atoms with Crippen LogP contribution in [0.4, 0.5) is 5.69 Å². The lowest BCUT2D eigenvalue weighted by molar-refractivity contribution is -0.117. The van der Waals surface area contributed by atoms with E-state index in [0.717, 1.165) is 9.58 Å². The Bertz CT molecular complexity index is 905. The topological polar surface area (TPSA) is 81.8 Å². The number of amides is 1. The Morgan fingerprint density at radius 3 is 2.88 bits per heavy atom. The van der Waals surface area contributed by atoms with Crippen molar-refractivity contribution < 1.29 is 4.79 Å². The first-order valence-corrected chi connectivity index (χ1v) is 8.40. The number of aromatic nitrogens is 4. The molecule has 0 saturated heterocycles. The fraction of sp³-hybridized carbons (Fsp3) is 0.125. The van der Waals surface area contributed by atoms with Crippen LogP contribution in [0.5, 0.6) is 0 Å². The first kappa shape index (κ1) is 16.0. The molecule has 7 nitrogen and oxygen atoms in total. The zero-order valence-corrected chi connectivity index (χ0v) is 13.7. The molecule has 122 valence electrons. The van der Waals surface area contributed by atoms with Gasteiger partial charge in [-0.25, -0.2) is 9.36 Å². The molecule has 1 N–H and O–H groups in total. The zero-order chi connectivity index (χ0) is 16.9. The summed E-state index contributed by atoms with van der Waals surface area (Å²) >= 11 is 1.59. The number of rotatable bonds is 5. The SMILES string of the molecule is CSc1cccc(NC(=O)Cn2nc(-n3cccn3)ccc2=O)c1. The Morgan fingerprint density at radius 1 is 1.25 bits per heavy atom. The molecule has 24 heavy (non-hydrogen) atoms. The molecule has 3 rings (SSSR count). The third-order valence-corrected chi connectivity index (χ3v) is 3.96. The number of anilines is 1. The van der Waals surface area contributed by atoms with Crippen LogP contribution >= 0.6 is 11.8 Å². The lowest BCUT2D eigenvalue weighted by atomic mass is 10.3. The molecule has 0 bridgehead atoms. The number of hydrogen-bond acceptors (Lipinski definition) is 5. The molecule has 0 fully saturated rings. The average Bonchev–Trinajstić information content (AvgIpc) is 3.11. The Morgan fingerprint density at radius 2 is 2.12 bits per heavy atom. The number of carbonyl (C=O) groups excluding carboxylic acids is 1. The van der Waals surface area contributed by atoms with E-state index in [0.29, 0.717) is 11.5 Å². The highest BCUT2D eigenvalue weighted by Crippen LogP contribution is 2.18. The molecule has 0 radical (unpaired) electrons. The molecular weight excluding hydrogens is 326 g/mol. The van der Waals surface area contributed by atoms with Crippen molar-refractivity contribution in [1.82, 2.24) is 19.6 Å². The lowest BCUT2D eigenvalue weighted by Crippen LogP contribution is -2.30. The zero-order valence-electron chi connectivity index (χ0n) is 12.9. The summed E-state index contributed by atoms with van der Waals surface area (Å²) < 4.78 is 2.64. The number of hydrogen-bond donors (Lipinski definition) is 1. The van der Waals surface area contributed by atoms with Gasteiger partial charge in [-0.1, -0.05) is 6.07 Å². The van der Waals surface area contributed by atoms with Crippen molar-refractivity contribution in [2.24, 2.45) is 0 Å². The van der Waals surface area contributed by atoms with Crippen LogP contribution in [-0.4, -0.2) is 31.7 Å². The second-order valence-corrected chi connectivity index (χ2v) is 5.80. The molecule has 0 spiro atoms. The smallest absolute Gasteiger partial charge is 0.267 e. The normalized spacial score (nSPS) is 10.5. The molecule has 0 unspecified atom stereocenters. The molecule has 3 aromatic rings. The van der Waals surface area contributed by atoms with Crippen molar-refractivity contribution >= 4 is 23.4 Å². The van der Waals surface area contributed by atoms with Crippen molar-refractivity contribution in [1.29, 1.82) is 0 Å². The van der Waals surface area contributed by atoms with Gasteiger partial charge in [-0.15, -0.1) is 16.9 Å². The van der Waals surface area contributed by atoms with Gasteiger partial charge in [-0.05, 0) is 36.6 Å². The number of nitrogens with one attached hydrogen (secondary N) is 1. The molecule has 0 aliphatic heterocycles. The first-order valence-electron chi connectivity index (χ1n) is 7.18. The van der Waals surface area contributed by atoms with Crippen molar-refractivity contribution in [3.63, 3.8) is 0 Å². The van der Waals surface area contributed by atoms with Gasteiger partial charge in [0.2, 0.25) is 5.91 Å². The summed E-state index contributed by atoms with van der Waals surface area (Å²) in [4.78, 5) is 25.2. The second kappa shape index (κ2) is 7.14. The summed E-state index contributed by atoms with van der Waals surface area (Å²) in [5.41, 5.74) is 0.335. The van der Waals surface area contributed by atoms with Gasteiger partial charge in [0.15, 0.2) is 5.82 Å². The number of thioether (sulfide) groups is 1. The maximum absolute atomic E-state index is 12.2. The maximum Gasteiger partial charge on any atom is 0.267 e. The van der Waals surface area contributed by atoms with Crippen LogP contribution in [0.3, 0.4) is 0 Å². The molecular formula is C16H15N5O2S. The summed E-state index contributed by atoms with van der Waals surface area (Å²) in [6.07, 6.45) is 5.29. The van der Waals surface area contributed by atoms with E-state index in [1.165, 1.54) is 10.7 Å². The largest absolute Gasteiger partial charge is 0.324 e. The minimum Gasteiger partial charge on any atom is -0.324 e. The van der Waals surface area contributed by atoms with Gasteiger partial charge in [0, 0.05) is 29.0 Å². The van der Waals surface area contributed by atoms with Crippen molar-refractivity contribution in [2.75, 3.05) is 11.6 Å². The Kier molecular flexibility index (Phi) is 4.76. The van der Waals surface area contributed by atoms with Gasteiger partial charge >= 0.3 is 0 Å². The van der Waals surface area contributed by atoms with E-state index in [4.69, 9.17) is 0 Å². The van der Waals surface area contributed by atoms with Gasteiger partial charge in [0.1, 0.15) is 6.54 Å². The van der Waals surface area contributed by atoms with Crippen molar-refractivity contribution in [3.05, 3.63) is 65.2 Å². The number of nitrogens with zero attached hydrogens (tertiary/aromatic N) is 4. The van der Waals surface area contributed by atoms with Gasteiger partial charge < -0.3 is 5.32 Å². The highest BCUT2D eigenvalue weighted by atomic mass is 32.2. The number of benzene rings is 1. The third-order valence-electron chi connectivity index (χ3n) is 3.24. The molecule has 0 atom stereocenters. The second-order valence-electron chi connectivity index (χ2n) is 4.92. The molecule has 0 aliphatic rings. The van der Waals surface area contributed by atoms with Crippen molar-refractivity contribution in [3.8, 4) is 5.82 Å². The van der Waals surface area contributed by atoms with E-state index in [9.17, 15) is 9.59 Å². The molecule has 1 aromatic carbocycles. The summed E-state index contributed by atoms with van der Waals surface area (Å²) in [5, 5.41) is 11.0. The van der Waals surface area contributed by atoms with E-state index in [1.807, 2.05) is 24.5 Å². The Balaban J connectivity index is 1.76. The van der Waals surface area contributed by atoms with Crippen LogP contribution in [0.1, 0.15) is 0 Å². The van der Waals surface area contributed by atoms with Crippen LogP contribution in [0.15, 0.2) is 64.5 Å². The standard InChI is InChI=1S/C16H15N5O2S/c1-24-13-5-2-4-12(10-13)18-15(22)11-21-16(23)7-6-14(19-21)20-9-3-8-17-20/h2-10H,11H2,1H3,(H,18,22). The lowest BCUT2D eigenvalue weighted by Gasteiger charge is -2.09. The molecule has 2 heterocycles. The minimum atomic E-state index is -0.348. The van der Waals surface area contributed by atoms with E-state index in [-0.39, 0.29) is 18.0 Å². The predicted octanol–water partition coefficient (Wildman–Crippen LogP) is 1.79. The Labute approximate surface area is 142 Å². The fourth-order valence-corrected chi connectivity index (χ4v) is 2.57. The highest BCUT2D eigenvalue weighted by molar-refractivity contribution is 7.98. The summed E-state index contributed by atoms with van der Waals surface area (Å²) in [7, 11) is 0. The maximum atomic E-state index is 12.2. The number of carbonyl (C=O) groups is 1. The fourth-order valence-electron chi connectivity index (χ4n) is 2.12. The van der Waals surface area contributed by atoms with E-state index in [1.54, 1.807) is 42.4 Å². The molecule has 1 amide bonds. The summed E-state index contributed by atoms with van der Waals surface area (Å²) in [6.45, 7) is -0.169. The van der Waals surface area contributed by atoms with Crippen molar-refractivity contribution in [2.45, 2.75) is 11.4 Å². The average molecular weight is 341 g/mol. The molecule has 0 saturated carbocycles. The van der Waals surface area contributed by atoms with Crippen LogP contribution in [0.2, 0.25) is 0 Å². The van der Waals surface area contributed by atoms with Crippen LogP contribution in [0, 0.1) is 0 Å². The van der Waals surface area contributed by atoms with Crippen LogP contribution in [0.25, 0.3) is 5.82 Å². The first-order chi connectivity index (χ1) is 11.7. The van der Waals surface area contributed by atoms with Gasteiger partial charge in [-0.3, -0.25) is 9.59 Å². The van der Waals surface area contributed by atoms with Crippen LogP contribution in [-0.2, 0) is 11.3 Å². The molecule has 8 heteroatoms. The predicted molar refractivity (Wildman–Crippen MR) is 92.5 cm³/mol. The summed E-state index contributed by atoms with van der Waals surface area (Å²) in [5.74, 6) is 0.150. The highest BCUT2D eigenvalue weighted by Gasteiger charge is 2.08. The van der Waals surface area contributed by atoms with Crippen LogP contribution < -0.4 is 10.9 Å². The van der Waals surface area contributed by atoms with E-state index < -0.39 is 0 Å². The van der Waals surface area contributed by atoms with E-state index >= 15 is 0 Å². The molecule has 2 aromatic heterocycles. The Hall–Kier alpha value is -2.87. The molecule has 0 aliphatic carbocycles.